The lowest BCUT2D eigenvalue weighted by atomic mass is 10.0. The molecule has 0 radical (unpaired) electrons. The minimum atomic E-state index is -0.429. The van der Waals surface area contributed by atoms with Crippen molar-refractivity contribution in [3.63, 3.8) is 0 Å². The lowest BCUT2D eigenvalue weighted by molar-refractivity contribution is -0.385. The first kappa shape index (κ1) is 8.96. The molecular formula is C9H10N2O3. The largest absolute Gasteiger partial charge is 0.493 e. The van der Waals surface area contributed by atoms with Crippen molar-refractivity contribution in [3.8, 4) is 5.75 Å². The van der Waals surface area contributed by atoms with Crippen molar-refractivity contribution in [3.05, 3.63) is 33.9 Å². The number of nitrogens with two attached hydrogens (primary N) is 1. The van der Waals surface area contributed by atoms with Crippen LogP contribution in [-0.4, -0.2) is 11.5 Å². The second kappa shape index (κ2) is 3.26. The molecule has 0 aliphatic carbocycles. The first-order valence-corrected chi connectivity index (χ1v) is 4.35. The second-order valence-electron chi connectivity index (χ2n) is 3.22. The molecule has 0 aromatic heterocycles. The minimum Gasteiger partial charge on any atom is -0.493 e. The van der Waals surface area contributed by atoms with Gasteiger partial charge in [-0.1, -0.05) is 0 Å². The molecule has 5 nitrogen and oxygen atoms in total. The number of rotatable bonds is 1. The van der Waals surface area contributed by atoms with Crippen molar-refractivity contribution in [2.75, 3.05) is 6.61 Å². The highest BCUT2D eigenvalue weighted by molar-refractivity contribution is 5.46. The van der Waals surface area contributed by atoms with Crippen molar-refractivity contribution in [2.24, 2.45) is 5.73 Å². The number of fused-ring (bicyclic) bond motifs is 1. The van der Waals surface area contributed by atoms with Gasteiger partial charge >= 0.3 is 0 Å². The van der Waals surface area contributed by atoms with Crippen molar-refractivity contribution < 1.29 is 9.66 Å². The van der Waals surface area contributed by atoms with Gasteiger partial charge in [0.2, 0.25) is 0 Å². The predicted octanol–water partition coefficient (Wildman–Crippen LogP) is 1.38. The lowest BCUT2D eigenvalue weighted by Crippen LogP contribution is -2.20. The molecule has 1 unspecified atom stereocenters. The lowest BCUT2D eigenvalue weighted by Gasteiger charge is -2.22. The Balaban J connectivity index is 2.45. The average Bonchev–Trinajstić information content (AvgIpc) is 2.18. The number of benzene rings is 1. The summed E-state index contributed by atoms with van der Waals surface area (Å²) in [6, 6.07) is 4.36. The van der Waals surface area contributed by atoms with Crippen LogP contribution < -0.4 is 10.5 Å². The van der Waals surface area contributed by atoms with Crippen molar-refractivity contribution in [1.82, 2.24) is 0 Å². The van der Waals surface area contributed by atoms with E-state index in [1.807, 2.05) is 0 Å². The fourth-order valence-electron chi connectivity index (χ4n) is 1.52. The predicted molar refractivity (Wildman–Crippen MR) is 50.1 cm³/mol. The Labute approximate surface area is 80.6 Å². The van der Waals surface area contributed by atoms with Crippen molar-refractivity contribution >= 4 is 5.69 Å². The Kier molecular flexibility index (Phi) is 2.09. The summed E-state index contributed by atoms with van der Waals surface area (Å²) in [5.74, 6) is 0.661. The summed E-state index contributed by atoms with van der Waals surface area (Å²) in [7, 11) is 0. The van der Waals surface area contributed by atoms with Crippen LogP contribution in [0.4, 0.5) is 5.69 Å². The van der Waals surface area contributed by atoms with Gasteiger partial charge in [-0.2, -0.15) is 0 Å². The van der Waals surface area contributed by atoms with Crippen LogP contribution in [0, 0.1) is 10.1 Å². The molecule has 74 valence electrons. The van der Waals surface area contributed by atoms with Gasteiger partial charge in [-0.3, -0.25) is 10.1 Å². The molecular weight excluding hydrogens is 184 g/mol. The Hall–Kier alpha value is -1.62. The Morgan fingerprint density at radius 2 is 2.36 bits per heavy atom. The summed E-state index contributed by atoms with van der Waals surface area (Å²) >= 11 is 0. The third-order valence-electron chi connectivity index (χ3n) is 2.29. The molecule has 2 N–H and O–H groups in total. The first-order valence-electron chi connectivity index (χ1n) is 4.35. The molecule has 1 aliphatic rings. The van der Waals surface area contributed by atoms with Gasteiger partial charge < -0.3 is 10.5 Å². The molecule has 2 rings (SSSR count). The number of hydrogen-bond acceptors (Lipinski definition) is 4. The number of hydrogen-bond donors (Lipinski definition) is 1. The summed E-state index contributed by atoms with van der Waals surface area (Å²) in [4.78, 5) is 10.1. The van der Waals surface area contributed by atoms with Gasteiger partial charge in [-0.05, 0) is 6.07 Å². The highest BCUT2D eigenvalue weighted by Gasteiger charge is 2.20. The molecule has 0 bridgehead atoms. The summed E-state index contributed by atoms with van der Waals surface area (Å²) in [6.45, 7) is 0.575. The van der Waals surface area contributed by atoms with Gasteiger partial charge in [0, 0.05) is 30.2 Å². The molecule has 14 heavy (non-hydrogen) atoms. The molecule has 0 fully saturated rings. The zero-order valence-corrected chi connectivity index (χ0v) is 7.47. The van der Waals surface area contributed by atoms with Crippen molar-refractivity contribution in [1.29, 1.82) is 0 Å². The van der Waals surface area contributed by atoms with Gasteiger partial charge in [0.15, 0.2) is 0 Å². The number of nitrogens with zero attached hydrogens (tertiary/aromatic N) is 1. The van der Waals surface area contributed by atoms with Crippen LogP contribution in [0.1, 0.15) is 18.0 Å². The molecule has 0 amide bonds. The molecule has 0 spiro atoms. The molecule has 1 aliphatic heterocycles. The van der Waals surface area contributed by atoms with E-state index in [1.165, 1.54) is 12.1 Å². The van der Waals surface area contributed by atoms with E-state index < -0.39 is 4.92 Å². The highest BCUT2D eigenvalue weighted by Crippen LogP contribution is 2.33. The van der Waals surface area contributed by atoms with Crippen LogP contribution in [0.5, 0.6) is 5.75 Å². The number of ether oxygens (including phenoxy) is 1. The SMILES string of the molecule is NC1CCOc2ccc([N+](=O)[O-])cc21. The van der Waals surface area contributed by atoms with Crippen LogP contribution >= 0.6 is 0 Å². The normalized spacial score (nSPS) is 19.6. The third-order valence-corrected chi connectivity index (χ3v) is 2.29. The molecule has 1 aromatic rings. The zero-order chi connectivity index (χ0) is 10.1. The Bertz CT molecular complexity index is 378. The van der Waals surface area contributed by atoms with E-state index in [0.717, 1.165) is 5.56 Å². The van der Waals surface area contributed by atoms with E-state index in [9.17, 15) is 10.1 Å². The summed E-state index contributed by atoms with van der Waals surface area (Å²) in [5, 5.41) is 10.5. The summed E-state index contributed by atoms with van der Waals surface area (Å²) < 4.78 is 5.33. The molecule has 5 heteroatoms. The monoisotopic (exact) mass is 194 g/mol. The molecule has 1 heterocycles. The fraction of sp³-hybridized carbons (Fsp3) is 0.333. The molecule has 0 saturated carbocycles. The first-order chi connectivity index (χ1) is 6.68. The fourth-order valence-corrected chi connectivity index (χ4v) is 1.52. The van der Waals surface area contributed by atoms with E-state index >= 15 is 0 Å². The average molecular weight is 194 g/mol. The molecule has 1 aromatic carbocycles. The molecule has 1 atom stereocenters. The van der Waals surface area contributed by atoms with Gasteiger partial charge in [0.05, 0.1) is 11.5 Å². The number of nitro groups is 1. The third kappa shape index (κ3) is 1.42. The van der Waals surface area contributed by atoms with Crippen LogP contribution in [0.2, 0.25) is 0 Å². The molecule has 0 saturated heterocycles. The maximum atomic E-state index is 10.5. The number of non-ortho nitro benzene ring substituents is 1. The van der Waals surface area contributed by atoms with E-state index in [4.69, 9.17) is 10.5 Å². The number of nitro benzene ring substituents is 1. The van der Waals surface area contributed by atoms with E-state index in [0.29, 0.717) is 18.8 Å². The zero-order valence-electron chi connectivity index (χ0n) is 7.47. The Morgan fingerprint density at radius 1 is 1.57 bits per heavy atom. The topological polar surface area (TPSA) is 78.4 Å². The second-order valence-corrected chi connectivity index (χ2v) is 3.22. The maximum Gasteiger partial charge on any atom is 0.270 e. The van der Waals surface area contributed by atoms with Gasteiger partial charge in [-0.25, -0.2) is 0 Å². The van der Waals surface area contributed by atoms with Gasteiger partial charge in [0.1, 0.15) is 5.75 Å². The van der Waals surface area contributed by atoms with Gasteiger partial charge in [0.25, 0.3) is 5.69 Å². The summed E-state index contributed by atoms with van der Waals surface area (Å²) in [5.41, 5.74) is 6.60. The Morgan fingerprint density at radius 3 is 3.07 bits per heavy atom. The van der Waals surface area contributed by atoms with Crippen LogP contribution in [0.15, 0.2) is 18.2 Å². The highest BCUT2D eigenvalue weighted by atomic mass is 16.6. The van der Waals surface area contributed by atoms with Crippen LogP contribution in [-0.2, 0) is 0 Å². The van der Waals surface area contributed by atoms with Crippen LogP contribution in [0.3, 0.4) is 0 Å². The van der Waals surface area contributed by atoms with Crippen molar-refractivity contribution in [2.45, 2.75) is 12.5 Å². The van der Waals surface area contributed by atoms with E-state index in [2.05, 4.69) is 0 Å². The van der Waals surface area contributed by atoms with Crippen LogP contribution in [0.25, 0.3) is 0 Å². The van der Waals surface area contributed by atoms with Gasteiger partial charge in [-0.15, -0.1) is 0 Å². The van der Waals surface area contributed by atoms with E-state index in [-0.39, 0.29) is 11.7 Å². The summed E-state index contributed by atoms with van der Waals surface area (Å²) in [6.07, 6.45) is 0.703. The smallest absolute Gasteiger partial charge is 0.270 e. The maximum absolute atomic E-state index is 10.5. The standard InChI is InChI=1S/C9H10N2O3/c10-8-3-4-14-9-2-1-6(11(12)13)5-7(8)9/h1-2,5,8H,3-4,10H2. The quantitative estimate of drug-likeness (QED) is 0.541. The minimum absolute atomic E-state index is 0.0599. The van der Waals surface area contributed by atoms with E-state index in [1.54, 1.807) is 6.07 Å².